The first-order valence-corrected chi connectivity index (χ1v) is 9.19. The smallest absolute Gasteiger partial charge is 0.212 e. The SMILES string of the molecule is CN1CCC(CNC2=NCCc3oc(C#N)c(-c4cccnc4)c32)CC1. The molecule has 26 heavy (non-hydrogen) atoms. The molecule has 2 aromatic rings. The molecule has 2 aliphatic rings. The van der Waals surface area contributed by atoms with Gasteiger partial charge < -0.3 is 14.6 Å². The number of hydrogen-bond acceptors (Lipinski definition) is 6. The van der Waals surface area contributed by atoms with Gasteiger partial charge in [0.05, 0.1) is 11.1 Å². The first-order chi connectivity index (χ1) is 12.8. The molecule has 4 rings (SSSR count). The summed E-state index contributed by atoms with van der Waals surface area (Å²) in [5.41, 5.74) is 2.64. The van der Waals surface area contributed by atoms with Gasteiger partial charge in [0.2, 0.25) is 5.76 Å². The summed E-state index contributed by atoms with van der Waals surface area (Å²) in [5, 5.41) is 13.1. The molecule has 0 bridgehead atoms. The largest absolute Gasteiger partial charge is 0.449 e. The van der Waals surface area contributed by atoms with E-state index in [-0.39, 0.29) is 0 Å². The Morgan fingerprint density at radius 3 is 2.92 bits per heavy atom. The maximum atomic E-state index is 9.54. The summed E-state index contributed by atoms with van der Waals surface area (Å²) in [6.07, 6.45) is 6.64. The fraction of sp³-hybridized carbons (Fsp3) is 0.450. The summed E-state index contributed by atoms with van der Waals surface area (Å²) >= 11 is 0. The molecule has 1 saturated heterocycles. The normalized spacial score (nSPS) is 18.1. The lowest BCUT2D eigenvalue weighted by atomic mass is 9.95. The van der Waals surface area contributed by atoms with Crippen LogP contribution >= 0.6 is 0 Å². The van der Waals surface area contributed by atoms with Gasteiger partial charge in [0.25, 0.3) is 0 Å². The second kappa shape index (κ2) is 7.30. The Hall–Kier alpha value is -2.65. The minimum absolute atomic E-state index is 0.346. The fourth-order valence-corrected chi connectivity index (χ4v) is 3.77. The van der Waals surface area contributed by atoms with Crippen molar-refractivity contribution in [3.63, 3.8) is 0 Å². The van der Waals surface area contributed by atoms with E-state index < -0.39 is 0 Å². The monoisotopic (exact) mass is 349 g/mol. The number of amidine groups is 1. The second-order valence-electron chi connectivity index (χ2n) is 7.07. The molecule has 0 amide bonds. The number of aromatic nitrogens is 1. The Kier molecular flexibility index (Phi) is 4.72. The molecule has 0 radical (unpaired) electrons. The van der Waals surface area contributed by atoms with E-state index in [1.165, 1.54) is 12.8 Å². The zero-order valence-corrected chi connectivity index (χ0v) is 15.0. The third kappa shape index (κ3) is 3.23. The molecule has 2 aromatic heterocycles. The van der Waals surface area contributed by atoms with Crippen LogP contribution in [0, 0.1) is 17.2 Å². The Bertz CT molecular complexity index is 841. The van der Waals surface area contributed by atoms with Crippen molar-refractivity contribution in [1.29, 1.82) is 5.26 Å². The lowest BCUT2D eigenvalue weighted by molar-refractivity contribution is 0.220. The van der Waals surface area contributed by atoms with Crippen molar-refractivity contribution in [2.75, 3.05) is 33.2 Å². The van der Waals surface area contributed by atoms with Gasteiger partial charge >= 0.3 is 0 Å². The van der Waals surface area contributed by atoms with Crippen LogP contribution < -0.4 is 5.32 Å². The summed E-state index contributed by atoms with van der Waals surface area (Å²) in [4.78, 5) is 11.3. The summed E-state index contributed by atoms with van der Waals surface area (Å²) in [6, 6.07) is 6.04. The van der Waals surface area contributed by atoms with Crippen LogP contribution in [0.15, 0.2) is 33.9 Å². The van der Waals surface area contributed by atoms with Crippen molar-refractivity contribution >= 4 is 5.84 Å². The minimum atomic E-state index is 0.346. The Morgan fingerprint density at radius 1 is 1.35 bits per heavy atom. The van der Waals surface area contributed by atoms with Crippen molar-refractivity contribution in [3.05, 3.63) is 41.6 Å². The van der Waals surface area contributed by atoms with E-state index in [0.717, 1.165) is 54.3 Å². The van der Waals surface area contributed by atoms with Gasteiger partial charge in [-0.1, -0.05) is 6.07 Å². The minimum Gasteiger partial charge on any atom is -0.449 e. The van der Waals surface area contributed by atoms with E-state index >= 15 is 0 Å². The van der Waals surface area contributed by atoms with Crippen LogP contribution in [0.5, 0.6) is 0 Å². The van der Waals surface area contributed by atoms with Gasteiger partial charge in [0.1, 0.15) is 17.7 Å². The van der Waals surface area contributed by atoms with Gasteiger partial charge in [-0.05, 0) is 45.0 Å². The average Bonchev–Trinajstić information content (AvgIpc) is 3.07. The van der Waals surface area contributed by atoms with Gasteiger partial charge in [0.15, 0.2) is 0 Å². The van der Waals surface area contributed by atoms with Crippen LogP contribution in [0.1, 0.15) is 29.9 Å². The molecule has 0 saturated carbocycles. The third-order valence-electron chi connectivity index (χ3n) is 5.27. The number of fused-ring (bicyclic) bond motifs is 1. The highest BCUT2D eigenvalue weighted by molar-refractivity contribution is 6.06. The van der Waals surface area contributed by atoms with Crippen LogP contribution in [0.4, 0.5) is 0 Å². The highest BCUT2D eigenvalue weighted by Gasteiger charge is 2.28. The number of nitrogens with one attached hydrogen (secondary N) is 1. The first-order valence-electron chi connectivity index (χ1n) is 9.19. The summed E-state index contributed by atoms with van der Waals surface area (Å²) in [6.45, 7) is 3.89. The molecule has 2 aliphatic heterocycles. The number of nitrogens with zero attached hydrogens (tertiary/aromatic N) is 4. The molecule has 1 N–H and O–H groups in total. The zero-order valence-electron chi connectivity index (χ0n) is 15.0. The molecule has 0 atom stereocenters. The van der Waals surface area contributed by atoms with Gasteiger partial charge in [-0.3, -0.25) is 9.98 Å². The number of rotatable bonds is 3. The predicted octanol–water partition coefficient (Wildman–Crippen LogP) is 2.45. The maximum Gasteiger partial charge on any atom is 0.212 e. The topological polar surface area (TPSA) is 77.5 Å². The highest BCUT2D eigenvalue weighted by Crippen LogP contribution is 2.34. The first kappa shape index (κ1) is 16.8. The molecule has 6 heteroatoms. The summed E-state index contributed by atoms with van der Waals surface area (Å²) in [5.74, 6) is 2.71. The number of pyridine rings is 1. The predicted molar refractivity (Wildman–Crippen MR) is 100.0 cm³/mol. The summed E-state index contributed by atoms with van der Waals surface area (Å²) in [7, 11) is 2.18. The standard InChI is InChI=1S/C20H23N5O/c1-25-9-5-14(6-10-25)12-24-20-19-16(4-8-23-20)26-17(11-21)18(19)15-3-2-7-22-13-15/h2-3,7,13-14H,4-6,8-10,12H2,1H3,(H,23,24). The van der Waals surface area contributed by atoms with Gasteiger partial charge in [-0.15, -0.1) is 0 Å². The van der Waals surface area contributed by atoms with Gasteiger partial charge in [0, 0.05) is 37.5 Å². The molecule has 0 unspecified atom stereocenters. The van der Waals surface area contributed by atoms with Crippen LogP contribution in [0.25, 0.3) is 11.1 Å². The number of likely N-dealkylation sites (tertiary alicyclic amines) is 1. The number of furan rings is 1. The molecule has 134 valence electrons. The van der Waals surface area contributed by atoms with Crippen LogP contribution in [-0.2, 0) is 6.42 Å². The molecule has 6 nitrogen and oxygen atoms in total. The lowest BCUT2D eigenvalue weighted by Crippen LogP contribution is -2.38. The number of nitriles is 1. The summed E-state index contributed by atoms with van der Waals surface area (Å²) < 4.78 is 5.86. The molecular weight excluding hydrogens is 326 g/mol. The Morgan fingerprint density at radius 2 is 2.19 bits per heavy atom. The Balaban J connectivity index is 1.61. The van der Waals surface area contributed by atoms with E-state index in [1.807, 2.05) is 12.1 Å². The molecule has 0 spiro atoms. The van der Waals surface area contributed by atoms with Crippen molar-refractivity contribution in [1.82, 2.24) is 15.2 Å². The highest BCUT2D eigenvalue weighted by atomic mass is 16.3. The molecule has 0 aromatic carbocycles. The number of aliphatic imine (C=N–C) groups is 1. The molecule has 4 heterocycles. The van der Waals surface area contributed by atoms with E-state index in [2.05, 4.69) is 28.3 Å². The van der Waals surface area contributed by atoms with Gasteiger partial charge in [-0.25, -0.2) is 0 Å². The lowest BCUT2D eigenvalue weighted by Gasteiger charge is -2.29. The molecular formula is C20H23N5O. The van der Waals surface area contributed by atoms with Gasteiger partial charge in [-0.2, -0.15) is 5.26 Å². The van der Waals surface area contributed by atoms with E-state index in [9.17, 15) is 5.26 Å². The van der Waals surface area contributed by atoms with Crippen molar-refractivity contribution < 1.29 is 4.42 Å². The third-order valence-corrected chi connectivity index (χ3v) is 5.27. The second-order valence-corrected chi connectivity index (χ2v) is 7.07. The van der Waals surface area contributed by atoms with E-state index in [0.29, 0.717) is 18.2 Å². The fourth-order valence-electron chi connectivity index (χ4n) is 3.77. The number of piperidine rings is 1. The van der Waals surface area contributed by atoms with Crippen molar-refractivity contribution in [2.24, 2.45) is 10.9 Å². The maximum absolute atomic E-state index is 9.54. The average molecular weight is 349 g/mol. The molecule has 0 aliphatic carbocycles. The van der Waals surface area contributed by atoms with Crippen LogP contribution in [0.3, 0.4) is 0 Å². The van der Waals surface area contributed by atoms with Crippen molar-refractivity contribution in [2.45, 2.75) is 19.3 Å². The quantitative estimate of drug-likeness (QED) is 0.921. The number of hydrogen-bond donors (Lipinski definition) is 1. The molecule has 1 fully saturated rings. The van der Waals surface area contributed by atoms with Crippen molar-refractivity contribution in [3.8, 4) is 17.2 Å². The van der Waals surface area contributed by atoms with E-state index in [1.54, 1.807) is 12.4 Å². The zero-order chi connectivity index (χ0) is 17.9. The van der Waals surface area contributed by atoms with Crippen LogP contribution in [-0.4, -0.2) is 48.9 Å². The Labute approximate surface area is 153 Å². The van der Waals surface area contributed by atoms with E-state index in [4.69, 9.17) is 9.41 Å². The van der Waals surface area contributed by atoms with Crippen LogP contribution in [0.2, 0.25) is 0 Å².